The van der Waals surface area contributed by atoms with E-state index in [9.17, 15) is 61.9 Å². The zero-order valence-corrected chi connectivity index (χ0v) is 13.5. The van der Waals surface area contributed by atoms with Gasteiger partial charge in [0.1, 0.15) is 0 Å². The molecule has 0 bridgehead atoms. The van der Waals surface area contributed by atoms with Gasteiger partial charge < -0.3 is 5.11 Å². The van der Waals surface area contributed by atoms with Gasteiger partial charge in [-0.3, -0.25) is 4.79 Å². The number of carboxylic acid groups (broad SMARTS) is 1. The Morgan fingerprint density at radius 3 is 1.36 bits per heavy atom. The lowest BCUT2D eigenvalue weighted by Crippen LogP contribution is -2.70. The fourth-order valence-electron chi connectivity index (χ4n) is 1.94. The Morgan fingerprint density at radius 1 is 0.571 bits per heavy atom. The summed E-state index contributed by atoms with van der Waals surface area (Å²) in [5, 5.41) is 8.28. The molecule has 0 amide bonds. The van der Waals surface area contributed by atoms with E-state index in [0.29, 0.717) is 0 Å². The third-order valence-corrected chi connectivity index (χ3v) is 3.63. The molecule has 15 heteroatoms. The molecule has 168 valence electrons. The van der Waals surface area contributed by atoms with Crippen LogP contribution in [0.3, 0.4) is 0 Å². The molecule has 0 saturated heterocycles. The molecule has 0 rings (SSSR count). The van der Waals surface area contributed by atoms with Gasteiger partial charge in [-0.2, -0.15) is 57.1 Å². The number of carboxylic acids is 1. The summed E-state index contributed by atoms with van der Waals surface area (Å²) in [4.78, 5) is 10.2. The molecule has 0 aromatic rings. The predicted molar refractivity (Wildman–Crippen MR) is 66.1 cm³/mol. The summed E-state index contributed by atoms with van der Waals surface area (Å²) in [5.74, 6) is -38.0. The summed E-state index contributed by atoms with van der Waals surface area (Å²) in [6.07, 6.45) is -11.9. The fourth-order valence-corrected chi connectivity index (χ4v) is 1.94. The maximum atomic E-state index is 13.4. The first-order chi connectivity index (χ1) is 12.2. The van der Waals surface area contributed by atoms with E-state index >= 15 is 0 Å². The molecule has 0 radical (unpaired) electrons. The molecule has 0 atom stereocenters. The molecule has 0 aliphatic heterocycles. The number of halogens is 13. The van der Waals surface area contributed by atoms with Gasteiger partial charge in [-0.15, -0.1) is 0 Å². The lowest BCUT2D eigenvalue weighted by Gasteiger charge is -2.39. The molecule has 2 nitrogen and oxygen atoms in total. The molecule has 0 spiro atoms. The standard InChI is InChI=1S/C13H13F13O2/c14-8(15,6-4-2-1-3-5-7(27)28)9(16,17)10(18,19)11(20,21)12(22,23)13(24,25)26/h1-6H2,(H,27,28). The van der Waals surface area contributed by atoms with Crippen LogP contribution in [0.15, 0.2) is 0 Å². The van der Waals surface area contributed by atoms with Gasteiger partial charge in [-0.25, -0.2) is 0 Å². The number of hydrogen-bond acceptors (Lipinski definition) is 1. The first kappa shape index (κ1) is 26.6. The molecule has 0 heterocycles. The van der Waals surface area contributed by atoms with Crippen LogP contribution in [0.5, 0.6) is 0 Å². The van der Waals surface area contributed by atoms with Crippen LogP contribution in [0.4, 0.5) is 57.1 Å². The summed E-state index contributed by atoms with van der Waals surface area (Å²) in [6, 6.07) is 0. The molecule has 0 unspecified atom stereocenters. The van der Waals surface area contributed by atoms with Crippen molar-refractivity contribution < 1.29 is 67.0 Å². The molecule has 0 aromatic carbocycles. The van der Waals surface area contributed by atoms with E-state index in [2.05, 4.69) is 0 Å². The van der Waals surface area contributed by atoms with E-state index in [4.69, 9.17) is 5.11 Å². The number of hydrogen-bond donors (Lipinski definition) is 1. The summed E-state index contributed by atoms with van der Waals surface area (Å²) < 4.78 is 167. The highest BCUT2D eigenvalue weighted by atomic mass is 19.4. The van der Waals surface area contributed by atoms with Crippen molar-refractivity contribution >= 4 is 5.97 Å². The molecule has 1 N–H and O–H groups in total. The van der Waals surface area contributed by atoms with Crippen molar-refractivity contribution in [2.24, 2.45) is 0 Å². The summed E-state index contributed by atoms with van der Waals surface area (Å²) >= 11 is 0. The molecule has 0 aliphatic rings. The first-order valence-corrected chi connectivity index (χ1v) is 7.34. The molecule has 0 aliphatic carbocycles. The highest BCUT2D eigenvalue weighted by molar-refractivity contribution is 5.66. The van der Waals surface area contributed by atoms with Crippen molar-refractivity contribution in [1.29, 1.82) is 0 Å². The van der Waals surface area contributed by atoms with E-state index in [1.165, 1.54) is 0 Å². The Labute approximate surface area is 148 Å². The Hall–Kier alpha value is -1.44. The predicted octanol–water partition coefficient (Wildman–Crippen LogP) is 6.15. The van der Waals surface area contributed by atoms with Gasteiger partial charge in [0, 0.05) is 12.8 Å². The van der Waals surface area contributed by atoms with Crippen LogP contribution in [0.1, 0.15) is 38.5 Å². The quantitative estimate of drug-likeness (QED) is 0.304. The summed E-state index contributed by atoms with van der Waals surface area (Å²) in [5.41, 5.74) is 0. The molecular weight excluding hydrogens is 435 g/mol. The van der Waals surface area contributed by atoms with Gasteiger partial charge in [0.25, 0.3) is 0 Å². The third-order valence-electron chi connectivity index (χ3n) is 3.63. The summed E-state index contributed by atoms with van der Waals surface area (Å²) in [6.45, 7) is 0. The largest absolute Gasteiger partial charge is 0.481 e. The second-order valence-electron chi connectivity index (χ2n) is 5.81. The van der Waals surface area contributed by atoms with Crippen molar-refractivity contribution in [1.82, 2.24) is 0 Å². The van der Waals surface area contributed by atoms with E-state index in [1.807, 2.05) is 0 Å². The molecule has 0 aromatic heterocycles. The lowest BCUT2D eigenvalue weighted by molar-refractivity contribution is -0.440. The molecule has 28 heavy (non-hydrogen) atoms. The molecular formula is C13H13F13O2. The topological polar surface area (TPSA) is 37.3 Å². The van der Waals surface area contributed by atoms with Crippen LogP contribution in [0.25, 0.3) is 0 Å². The lowest BCUT2D eigenvalue weighted by atomic mass is 9.91. The van der Waals surface area contributed by atoms with Gasteiger partial charge in [0.15, 0.2) is 0 Å². The average Bonchev–Trinajstić information content (AvgIpc) is 2.48. The second kappa shape index (κ2) is 8.13. The van der Waals surface area contributed by atoms with Crippen molar-refractivity contribution in [2.45, 2.75) is 74.3 Å². The van der Waals surface area contributed by atoms with Crippen LogP contribution in [-0.4, -0.2) is 46.9 Å². The van der Waals surface area contributed by atoms with Crippen LogP contribution in [0, 0.1) is 0 Å². The van der Waals surface area contributed by atoms with Crippen LogP contribution in [0.2, 0.25) is 0 Å². The van der Waals surface area contributed by atoms with Crippen molar-refractivity contribution in [3.63, 3.8) is 0 Å². The highest BCUT2D eigenvalue weighted by Gasteiger charge is 2.90. The van der Waals surface area contributed by atoms with Gasteiger partial charge >= 0.3 is 41.8 Å². The van der Waals surface area contributed by atoms with Crippen molar-refractivity contribution in [3.8, 4) is 0 Å². The first-order valence-electron chi connectivity index (χ1n) is 7.34. The number of carbonyl (C=O) groups is 1. The SMILES string of the molecule is O=C(O)CCCCCCC(F)(F)C(F)(F)C(F)(F)C(F)(F)C(F)(F)C(F)(F)F. The van der Waals surface area contributed by atoms with Crippen LogP contribution in [-0.2, 0) is 4.79 Å². The molecule has 0 saturated carbocycles. The normalized spacial score (nSPS) is 15.0. The zero-order valence-electron chi connectivity index (χ0n) is 13.5. The van der Waals surface area contributed by atoms with Crippen LogP contribution >= 0.6 is 0 Å². The maximum absolute atomic E-state index is 13.4. The second-order valence-corrected chi connectivity index (χ2v) is 5.81. The van der Waals surface area contributed by atoms with Gasteiger partial charge in [0.2, 0.25) is 0 Å². The average molecular weight is 448 g/mol. The van der Waals surface area contributed by atoms with Gasteiger partial charge in [0.05, 0.1) is 0 Å². The van der Waals surface area contributed by atoms with Crippen molar-refractivity contribution in [3.05, 3.63) is 0 Å². The number of rotatable bonds is 11. The van der Waals surface area contributed by atoms with E-state index in [0.717, 1.165) is 0 Å². The fraction of sp³-hybridized carbons (Fsp3) is 0.923. The van der Waals surface area contributed by atoms with E-state index in [-0.39, 0.29) is 12.8 Å². The number of unbranched alkanes of at least 4 members (excludes halogenated alkanes) is 3. The van der Waals surface area contributed by atoms with Gasteiger partial charge in [-0.05, 0) is 12.8 Å². The Bertz CT molecular complexity index is 539. The Morgan fingerprint density at radius 2 is 0.964 bits per heavy atom. The smallest absolute Gasteiger partial charge is 0.460 e. The number of alkyl halides is 13. The summed E-state index contributed by atoms with van der Waals surface area (Å²) in [7, 11) is 0. The zero-order chi connectivity index (χ0) is 22.8. The molecule has 0 fully saturated rings. The minimum Gasteiger partial charge on any atom is -0.481 e. The Kier molecular flexibility index (Phi) is 7.71. The van der Waals surface area contributed by atoms with Crippen LogP contribution < -0.4 is 0 Å². The maximum Gasteiger partial charge on any atom is 0.460 e. The van der Waals surface area contributed by atoms with E-state index in [1.54, 1.807) is 0 Å². The minimum absolute atomic E-state index is 0.122. The third kappa shape index (κ3) is 4.75. The highest BCUT2D eigenvalue weighted by Crippen LogP contribution is 2.60. The number of aliphatic carboxylic acids is 1. The monoisotopic (exact) mass is 448 g/mol. The van der Waals surface area contributed by atoms with Crippen molar-refractivity contribution in [2.75, 3.05) is 0 Å². The Balaban J connectivity index is 5.43. The van der Waals surface area contributed by atoms with Gasteiger partial charge in [-0.1, -0.05) is 12.8 Å². The minimum atomic E-state index is -7.88. The van der Waals surface area contributed by atoms with E-state index < -0.39 is 67.4 Å².